The molecule has 2 aromatic carbocycles. The number of hydrogen-bond acceptors (Lipinski definition) is 3. The highest BCUT2D eigenvalue weighted by Gasteiger charge is 2.24. The van der Waals surface area contributed by atoms with Gasteiger partial charge in [0.1, 0.15) is 0 Å². The lowest BCUT2D eigenvalue weighted by Crippen LogP contribution is -2.37. The van der Waals surface area contributed by atoms with Gasteiger partial charge in [-0.15, -0.1) is 0 Å². The van der Waals surface area contributed by atoms with Crippen LogP contribution < -0.4 is 4.90 Å². The number of rotatable bonds is 3. The first kappa shape index (κ1) is 12.3. The lowest BCUT2D eigenvalue weighted by Gasteiger charge is -2.36. The molecular weight excluding hydrogens is 264 g/mol. The van der Waals surface area contributed by atoms with Crippen LogP contribution in [0.3, 0.4) is 0 Å². The Bertz CT molecular complexity index is 584. The van der Waals surface area contributed by atoms with Crippen molar-refractivity contribution in [3.63, 3.8) is 0 Å². The molecule has 0 saturated carbocycles. The topological polar surface area (TPSA) is 6.48 Å². The van der Waals surface area contributed by atoms with Gasteiger partial charge in [0.2, 0.25) is 0 Å². The van der Waals surface area contributed by atoms with E-state index in [4.69, 9.17) is 1.37 Å². The highest BCUT2D eigenvalue weighted by atomic mass is 32.2. The molecule has 3 rings (SSSR count). The highest BCUT2D eigenvalue weighted by Crippen LogP contribution is 2.47. The lowest BCUT2D eigenvalue weighted by molar-refractivity contribution is 0.319. The van der Waals surface area contributed by atoms with Gasteiger partial charge in [-0.25, -0.2) is 0 Å². The molecule has 0 aliphatic carbocycles. The summed E-state index contributed by atoms with van der Waals surface area (Å²) in [6.45, 7) is 1.24. The van der Waals surface area contributed by atoms with E-state index in [2.05, 4.69) is 72.4 Å². The van der Waals surface area contributed by atoms with Gasteiger partial charge in [0.05, 0.1) is 11.4 Å². The summed E-state index contributed by atoms with van der Waals surface area (Å²) >= 11 is 1.83. The van der Waals surface area contributed by atoms with Crippen molar-refractivity contribution in [2.75, 3.05) is 25.5 Å². The maximum Gasteiger partial charge on any atom is 0.0553 e. The van der Waals surface area contributed by atoms with E-state index >= 15 is 0 Å². The third-order valence-electron chi connectivity index (χ3n) is 3.66. The van der Waals surface area contributed by atoms with Gasteiger partial charge < -0.3 is 9.80 Å². The fraction of sp³-hybridized carbons (Fsp3) is 0.294. The summed E-state index contributed by atoms with van der Waals surface area (Å²) in [4.78, 5) is 7.08. The van der Waals surface area contributed by atoms with Crippen LogP contribution in [0.25, 0.3) is 0 Å². The molecule has 0 aromatic heterocycles. The van der Waals surface area contributed by atoms with Gasteiger partial charge in [0, 0.05) is 23.7 Å². The van der Waals surface area contributed by atoms with Crippen LogP contribution in [0, 0.1) is 0 Å². The number of benzene rings is 2. The Morgan fingerprint density at radius 1 is 1.05 bits per heavy atom. The van der Waals surface area contributed by atoms with E-state index < -0.39 is 0 Å². The maximum atomic E-state index is 7.80. The second kappa shape index (κ2) is 5.51. The van der Waals surface area contributed by atoms with Crippen molar-refractivity contribution in [1.29, 1.82) is 0 Å². The molecule has 1 atom stereocenters. The van der Waals surface area contributed by atoms with Crippen molar-refractivity contribution >= 4 is 23.1 Å². The Morgan fingerprint density at radius 3 is 2.10 bits per heavy atom. The van der Waals surface area contributed by atoms with E-state index in [1.165, 1.54) is 21.2 Å². The predicted molar refractivity (Wildman–Crippen MR) is 87.2 cm³/mol. The summed E-state index contributed by atoms with van der Waals surface area (Å²) in [5, 5.41) is 0. The zero-order valence-electron chi connectivity index (χ0n) is 12.9. The van der Waals surface area contributed by atoms with Crippen molar-refractivity contribution < 1.29 is 1.37 Å². The molecule has 1 heterocycles. The standard InChI is InChI=1S/C17H20N2S/c1-13(18(2)3)12-19-14-8-4-6-10-16(14)20-17-11-7-5-9-15(17)19/h4-11,13H,12H2,1-3H3/i1D. The molecule has 0 bridgehead atoms. The summed E-state index contributed by atoms with van der Waals surface area (Å²) < 4.78 is 7.80. The van der Waals surface area contributed by atoms with Gasteiger partial charge in [-0.3, -0.25) is 0 Å². The minimum atomic E-state index is 0.217. The van der Waals surface area contributed by atoms with Crippen molar-refractivity contribution in [2.24, 2.45) is 0 Å². The van der Waals surface area contributed by atoms with Crippen LogP contribution in [0.2, 0.25) is 0 Å². The van der Waals surface area contributed by atoms with Crippen LogP contribution in [0.5, 0.6) is 0 Å². The molecule has 20 heavy (non-hydrogen) atoms. The third-order valence-corrected chi connectivity index (χ3v) is 4.79. The summed E-state index contributed by atoms with van der Waals surface area (Å²) in [5.41, 5.74) is 2.50. The number of anilines is 2. The van der Waals surface area contributed by atoms with E-state index in [0.717, 1.165) is 6.54 Å². The van der Waals surface area contributed by atoms with E-state index in [1.807, 2.05) is 11.8 Å². The van der Waals surface area contributed by atoms with E-state index in [1.54, 1.807) is 0 Å². The number of nitrogens with zero attached hydrogens (tertiary/aromatic N) is 2. The molecule has 0 saturated heterocycles. The van der Waals surface area contributed by atoms with Crippen molar-refractivity contribution in [2.45, 2.75) is 22.7 Å². The average Bonchev–Trinajstić information content (AvgIpc) is 2.51. The van der Waals surface area contributed by atoms with Crippen molar-refractivity contribution in [3.05, 3.63) is 48.5 Å². The summed E-state index contributed by atoms with van der Waals surface area (Å²) in [5.74, 6) is 0. The SMILES string of the molecule is [2H]CC(CN1c2ccccc2Sc2ccccc21)N(C)C. The van der Waals surface area contributed by atoms with Crippen LogP contribution in [0.4, 0.5) is 11.4 Å². The molecular formula is C17H20N2S. The molecule has 0 radical (unpaired) electrons. The van der Waals surface area contributed by atoms with Crippen LogP contribution in [0.15, 0.2) is 58.3 Å². The molecule has 0 amide bonds. The Kier molecular flexibility index (Phi) is 3.39. The molecule has 0 N–H and O–H groups in total. The molecule has 3 heteroatoms. The smallest absolute Gasteiger partial charge is 0.0553 e. The van der Waals surface area contributed by atoms with Crippen molar-refractivity contribution in [1.82, 2.24) is 4.90 Å². The summed E-state index contributed by atoms with van der Waals surface area (Å²) in [6.07, 6.45) is 0. The molecule has 1 unspecified atom stereocenters. The Labute approximate surface area is 126 Å². The van der Waals surface area contributed by atoms with Gasteiger partial charge in [0.15, 0.2) is 0 Å². The van der Waals surface area contributed by atoms with Crippen LogP contribution in [-0.4, -0.2) is 31.6 Å². The first-order chi connectivity index (χ1) is 10.2. The van der Waals surface area contributed by atoms with E-state index in [9.17, 15) is 0 Å². The monoisotopic (exact) mass is 285 g/mol. The van der Waals surface area contributed by atoms with Gasteiger partial charge in [0.25, 0.3) is 0 Å². The van der Waals surface area contributed by atoms with Crippen LogP contribution in [0.1, 0.15) is 8.27 Å². The zero-order valence-corrected chi connectivity index (χ0v) is 12.7. The second-order valence-electron chi connectivity index (χ2n) is 5.27. The predicted octanol–water partition coefficient (Wildman–Crippen LogP) is 4.24. The summed E-state index contributed by atoms with van der Waals surface area (Å²) in [6, 6.07) is 17.3. The van der Waals surface area contributed by atoms with Gasteiger partial charge in [-0.1, -0.05) is 36.0 Å². The molecule has 0 fully saturated rings. The number of para-hydroxylation sites is 2. The van der Waals surface area contributed by atoms with E-state index in [0.29, 0.717) is 6.90 Å². The summed E-state index contributed by atoms with van der Waals surface area (Å²) in [7, 11) is 4.10. The number of likely N-dealkylation sites (N-methyl/N-ethyl adjacent to an activating group) is 1. The average molecular weight is 285 g/mol. The first-order valence-electron chi connectivity index (χ1n) is 7.50. The molecule has 0 spiro atoms. The van der Waals surface area contributed by atoms with Gasteiger partial charge in [-0.2, -0.15) is 0 Å². The lowest BCUT2D eigenvalue weighted by atomic mass is 10.2. The fourth-order valence-corrected chi connectivity index (χ4v) is 3.45. The van der Waals surface area contributed by atoms with Gasteiger partial charge in [-0.05, 0) is 45.3 Å². The minimum Gasteiger partial charge on any atom is -0.338 e. The Balaban J connectivity index is 2.02. The quantitative estimate of drug-likeness (QED) is 0.833. The number of fused-ring (bicyclic) bond motifs is 2. The maximum absolute atomic E-state index is 7.80. The Hall–Kier alpha value is -1.45. The normalized spacial score (nSPS) is 15.6. The molecule has 1 aliphatic heterocycles. The largest absolute Gasteiger partial charge is 0.338 e. The third kappa shape index (κ3) is 2.43. The van der Waals surface area contributed by atoms with Crippen LogP contribution in [-0.2, 0) is 0 Å². The van der Waals surface area contributed by atoms with E-state index in [-0.39, 0.29) is 6.04 Å². The minimum absolute atomic E-state index is 0.217. The Morgan fingerprint density at radius 2 is 1.60 bits per heavy atom. The van der Waals surface area contributed by atoms with Crippen LogP contribution >= 0.6 is 11.8 Å². The molecule has 1 aliphatic rings. The van der Waals surface area contributed by atoms with Gasteiger partial charge >= 0.3 is 0 Å². The molecule has 104 valence electrons. The second-order valence-corrected chi connectivity index (χ2v) is 6.35. The molecule has 2 nitrogen and oxygen atoms in total. The zero-order chi connectivity index (χ0) is 14.8. The fourth-order valence-electron chi connectivity index (χ4n) is 2.35. The highest BCUT2D eigenvalue weighted by molar-refractivity contribution is 7.99. The molecule has 2 aromatic rings. The van der Waals surface area contributed by atoms with Crippen molar-refractivity contribution in [3.8, 4) is 0 Å². The number of hydrogen-bond donors (Lipinski definition) is 0. The first-order valence-corrected chi connectivity index (χ1v) is 7.61.